The van der Waals surface area contributed by atoms with E-state index in [0.717, 1.165) is 0 Å². The van der Waals surface area contributed by atoms with Crippen LogP contribution in [0.5, 0.6) is 0 Å². The van der Waals surface area contributed by atoms with Gasteiger partial charge in [0.25, 0.3) is 5.92 Å². The number of hydrogen-bond donors (Lipinski definition) is 2. The Kier molecular flexibility index (Phi) is 6.16. The third-order valence-electron chi connectivity index (χ3n) is 2.41. The van der Waals surface area contributed by atoms with Crippen LogP contribution in [0.3, 0.4) is 0 Å². The number of rotatable bonds is 3. The molecule has 1 aromatic rings. The second-order valence-corrected chi connectivity index (χ2v) is 4.12. The lowest BCUT2D eigenvalue weighted by molar-refractivity contribution is -0.140. The van der Waals surface area contributed by atoms with Crippen molar-refractivity contribution in [3.05, 3.63) is 34.1 Å². The Morgan fingerprint density at radius 2 is 1.70 bits per heavy atom. The molecule has 0 saturated heterocycles. The maximum atomic E-state index is 13.6. The lowest BCUT2D eigenvalue weighted by Crippen LogP contribution is -2.38. The molecule has 20 heavy (non-hydrogen) atoms. The van der Waals surface area contributed by atoms with E-state index in [4.69, 9.17) is 22.4 Å². The average Bonchev–Trinajstić information content (AvgIpc) is 2.30. The van der Waals surface area contributed by atoms with Gasteiger partial charge in [0.05, 0.1) is 10.6 Å². The maximum absolute atomic E-state index is 13.6. The van der Waals surface area contributed by atoms with Gasteiger partial charge in [0, 0.05) is 5.56 Å². The summed E-state index contributed by atoms with van der Waals surface area (Å²) in [5, 5.41) is 7.64. The van der Waals surface area contributed by atoms with Gasteiger partial charge in [-0.15, -0.1) is 12.4 Å². The van der Waals surface area contributed by atoms with Crippen molar-refractivity contribution in [2.24, 2.45) is 5.73 Å². The fraction of sp³-hybridized carbons (Fsp3) is 0.400. The molecule has 0 bridgehead atoms. The van der Waals surface area contributed by atoms with Gasteiger partial charge in [0.2, 0.25) is 0 Å². The minimum atomic E-state index is -5.08. The third-order valence-corrected chi connectivity index (χ3v) is 2.71. The second kappa shape index (κ2) is 6.38. The molecule has 2 nitrogen and oxygen atoms in total. The molecule has 0 heterocycles. The molecule has 1 atom stereocenters. The molecule has 0 aromatic heterocycles. The van der Waals surface area contributed by atoms with Crippen LogP contribution in [-0.4, -0.2) is 17.6 Å². The summed E-state index contributed by atoms with van der Waals surface area (Å²) in [6, 6.07) is -1.73. The van der Waals surface area contributed by atoms with Crippen LogP contribution in [0.1, 0.15) is 17.2 Å². The smallest absolute Gasteiger partial charge is 0.390 e. The summed E-state index contributed by atoms with van der Waals surface area (Å²) in [6.45, 7) is -1.82. The normalized spacial score (nSPS) is 13.8. The summed E-state index contributed by atoms with van der Waals surface area (Å²) in [6.07, 6.45) is -5.08. The molecule has 0 radical (unpaired) electrons. The van der Waals surface area contributed by atoms with E-state index in [-0.39, 0.29) is 12.4 Å². The molecule has 0 aliphatic rings. The molecule has 0 unspecified atom stereocenters. The fourth-order valence-electron chi connectivity index (χ4n) is 1.43. The van der Waals surface area contributed by atoms with Crippen molar-refractivity contribution in [1.82, 2.24) is 0 Å². The molecule has 1 aromatic carbocycles. The van der Waals surface area contributed by atoms with Gasteiger partial charge < -0.3 is 10.8 Å². The average molecular weight is 344 g/mol. The van der Waals surface area contributed by atoms with Gasteiger partial charge in [-0.3, -0.25) is 0 Å². The molecule has 0 aliphatic heterocycles. The molecule has 0 saturated carbocycles. The highest BCUT2D eigenvalue weighted by Crippen LogP contribution is 2.41. The summed E-state index contributed by atoms with van der Waals surface area (Å²) in [5.41, 5.74) is 1.81. The molecule has 1 rings (SSSR count). The number of benzene rings is 1. The van der Waals surface area contributed by atoms with Crippen molar-refractivity contribution in [3.63, 3.8) is 0 Å². The molecule has 0 amide bonds. The zero-order chi connectivity index (χ0) is 15.0. The quantitative estimate of drug-likeness (QED) is 0.824. The van der Waals surface area contributed by atoms with Gasteiger partial charge in [-0.2, -0.15) is 13.2 Å². The summed E-state index contributed by atoms with van der Waals surface area (Å²) in [5.74, 6) is -5.80. The van der Waals surface area contributed by atoms with Crippen LogP contribution in [0.15, 0.2) is 12.1 Å². The SMILES string of the molecule is Cl.N[C@H](c1c(C(F)(F)F)ccc(Cl)c1F)C(F)(F)CO. The van der Waals surface area contributed by atoms with E-state index < -0.39 is 46.7 Å². The zero-order valence-corrected chi connectivity index (χ0v) is 11.1. The molecule has 116 valence electrons. The van der Waals surface area contributed by atoms with Gasteiger partial charge in [-0.25, -0.2) is 13.2 Å². The lowest BCUT2D eigenvalue weighted by atomic mass is 9.95. The van der Waals surface area contributed by atoms with Crippen LogP contribution in [0.2, 0.25) is 5.02 Å². The van der Waals surface area contributed by atoms with Crippen molar-refractivity contribution in [3.8, 4) is 0 Å². The maximum Gasteiger partial charge on any atom is 0.416 e. The van der Waals surface area contributed by atoms with E-state index in [0.29, 0.717) is 12.1 Å². The van der Waals surface area contributed by atoms with Crippen LogP contribution < -0.4 is 5.73 Å². The van der Waals surface area contributed by atoms with Gasteiger partial charge in [-0.05, 0) is 12.1 Å². The Hall–Kier alpha value is -0.700. The fourth-order valence-corrected chi connectivity index (χ4v) is 1.59. The summed E-state index contributed by atoms with van der Waals surface area (Å²) in [7, 11) is 0. The highest BCUT2D eigenvalue weighted by molar-refractivity contribution is 6.30. The highest BCUT2D eigenvalue weighted by Gasteiger charge is 2.45. The van der Waals surface area contributed by atoms with Crippen molar-refractivity contribution >= 4 is 24.0 Å². The van der Waals surface area contributed by atoms with Crippen LogP contribution in [0, 0.1) is 5.82 Å². The van der Waals surface area contributed by atoms with E-state index in [2.05, 4.69) is 0 Å². The number of halogens is 8. The van der Waals surface area contributed by atoms with E-state index in [1.54, 1.807) is 0 Å². The number of hydrogen-bond acceptors (Lipinski definition) is 2. The minimum Gasteiger partial charge on any atom is -0.390 e. The lowest BCUT2D eigenvalue weighted by Gasteiger charge is -2.25. The molecular formula is C10H9Cl2F6NO. The van der Waals surface area contributed by atoms with Gasteiger partial charge in [-0.1, -0.05) is 11.6 Å². The van der Waals surface area contributed by atoms with Crippen molar-refractivity contribution in [2.75, 3.05) is 6.61 Å². The number of nitrogens with two attached hydrogens (primary N) is 1. The van der Waals surface area contributed by atoms with E-state index >= 15 is 0 Å². The Balaban J connectivity index is 0.00000361. The predicted molar refractivity (Wildman–Crippen MR) is 62.6 cm³/mol. The number of aliphatic hydroxyl groups excluding tert-OH is 1. The Morgan fingerprint density at radius 3 is 2.10 bits per heavy atom. The van der Waals surface area contributed by atoms with E-state index in [1.807, 2.05) is 0 Å². The second-order valence-electron chi connectivity index (χ2n) is 3.72. The van der Waals surface area contributed by atoms with Crippen LogP contribution in [0.4, 0.5) is 26.3 Å². The van der Waals surface area contributed by atoms with E-state index in [9.17, 15) is 26.3 Å². The molecule has 3 N–H and O–H groups in total. The molecule has 0 spiro atoms. The Morgan fingerprint density at radius 1 is 1.20 bits per heavy atom. The van der Waals surface area contributed by atoms with Crippen LogP contribution in [-0.2, 0) is 6.18 Å². The number of aliphatic hydroxyl groups is 1. The van der Waals surface area contributed by atoms with Crippen molar-refractivity contribution in [1.29, 1.82) is 0 Å². The first-order valence-electron chi connectivity index (χ1n) is 4.81. The van der Waals surface area contributed by atoms with Gasteiger partial charge >= 0.3 is 6.18 Å². The van der Waals surface area contributed by atoms with Crippen LogP contribution in [0.25, 0.3) is 0 Å². The molecule has 10 heteroatoms. The standard InChI is InChI=1S/C10H8ClF6NO.ClH/c11-5-2-1-4(10(15,16)17)6(7(5)12)8(18)9(13,14)3-19;/h1-2,8,19H,3,18H2;1H/t8-;/m1./s1. The first kappa shape index (κ1) is 19.3. The van der Waals surface area contributed by atoms with Crippen LogP contribution >= 0.6 is 24.0 Å². The largest absolute Gasteiger partial charge is 0.416 e. The monoisotopic (exact) mass is 343 g/mol. The summed E-state index contributed by atoms with van der Waals surface area (Å²) >= 11 is 5.27. The van der Waals surface area contributed by atoms with Crippen molar-refractivity contribution in [2.45, 2.75) is 18.1 Å². The third kappa shape index (κ3) is 3.69. The predicted octanol–water partition coefficient (Wildman–Crippen LogP) is 3.55. The first-order valence-corrected chi connectivity index (χ1v) is 5.19. The highest BCUT2D eigenvalue weighted by atomic mass is 35.5. The Bertz CT molecular complexity index is 480. The zero-order valence-electron chi connectivity index (χ0n) is 9.52. The van der Waals surface area contributed by atoms with E-state index in [1.165, 1.54) is 0 Å². The van der Waals surface area contributed by atoms with Gasteiger partial charge in [0.1, 0.15) is 18.5 Å². The molecular weight excluding hydrogens is 335 g/mol. The molecule has 0 aliphatic carbocycles. The Labute approximate surface area is 120 Å². The summed E-state index contributed by atoms with van der Waals surface area (Å²) < 4.78 is 77.8. The summed E-state index contributed by atoms with van der Waals surface area (Å²) in [4.78, 5) is 0. The minimum absolute atomic E-state index is 0. The first-order chi connectivity index (χ1) is 8.52. The van der Waals surface area contributed by atoms with Crippen molar-refractivity contribution < 1.29 is 31.4 Å². The van der Waals surface area contributed by atoms with Gasteiger partial charge in [0.15, 0.2) is 0 Å². The number of alkyl halides is 5. The molecule has 0 fully saturated rings. The topological polar surface area (TPSA) is 46.2 Å².